The highest BCUT2D eigenvalue weighted by molar-refractivity contribution is 14.0. The number of guanidine groups is 1. The van der Waals surface area contributed by atoms with E-state index >= 15 is 0 Å². The zero-order valence-corrected chi connectivity index (χ0v) is 19.4. The molecule has 2 aliphatic rings. The fourth-order valence-corrected chi connectivity index (χ4v) is 3.28. The maximum absolute atomic E-state index is 11.8. The molecule has 0 aromatic heterocycles. The number of amides is 1. The van der Waals surface area contributed by atoms with Crippen LogP contribution in [0, 0.1) is 5.41 Å². The fraction of sp³-hybridized carbons (Fsp3) is 0.895. The molecule has 2 N–H and O–H groups in total. The number of piperidine rings is 1. The molecular weight excluding hydrogens is 459 g/mol. The van der Waals surface area contributed by atoms with Gasteiger partial charge in [0.1, 0.15) is 0 Å². The first-order valence-corrected chi connectivity index (χ1v) is 10.2. The molecule has 158 valence electrons. The summed E-state index contributed by atoms with van der Waals surface area (Å²) in [5, 5.41) is 6.90. The zero-order valence-electron chi connectivity index (χ0n) is 17.1. The molecule has 1 aliphatic heterocycles. The number of halogens is 1. The van der Waals surface area contributed by atoms with Crippen LogP contribution in [0.4, 0.5) is 4.79 Å². The Hall–Kier alpha value is -0.770. The summed E-state index contributed by atoms with van der Waals surface area (Å²) in [7, 11) is 0. The van der Waals surface area contributed by atoms with Crippen molar-refractivity contribution in [2.45, 2.75) is 58.9 Å². The number of nitrogens with zero attached hydrogens (tertiary/aromatic N) is 2. The number of aliphatic imine (C=N–C) groups is 1. The van der Waals surface area contributed by atoms with Crippen LogP contribution in [0.2, 0.25) is 0 Å². The second-order valence-electron chi connectivity index (χ2n) is 7.25. The molecule has 1 saturated carbocycles. The Morgan fingerprint density at radius 3 is 2.44 bits per heavy atom. The van der Waals surface area contributed by atoms with E-state index in [-0.39, 0.29) is 30.1 Å². The van der Waals surface area contributed by atoms with Crippen LogP contribution in [-0.4, -0.2) is 69.0 Å². The molecule has 1 heterocycles. The molecule has 0 radical (unpaired) electrons. The van der Waals surface area contributed by atoms with Crippen molar-refractivity contribution in [3.63, 3.8) is 0 Å². The fourth-order valence-electron chi connectivity index (χ4n) is 3.28. The Kier molecular flexibility index (Phi) is 11.4. The zero-order chi connectivity index (χ0) is 18.8. The number of hydrogen-bond acceptors (Lipinski definition) is 4. The highest BCUT2D eigenvalue weighted by atomic mass is 127. The molecule has 0 aromatic rings. The quantitative estimate of drug-likeness (QED) is 0.222. The van der Waals surface area contributed by atoms with Crippen LogP contribution in [-0.2, 0) is 9.47 Å². The maximum Gasteiger partial charge on any atom is 0.409 e. The summed E-state index contributed by atoms with van der Waals surface area (Å²) in [6, 6.07) is 0.344. The SMILES string of the molecule is CCNC(=NCC1(CCOCC)CC1)NC1CCN(C(=O)OCC)CC1.I. The van der Waals surface area contributed by atoms with Crippen LogP contribution in [0.25, 0.3) is 0 Å². The van der Waals surface area contributed by atoms with Crippen molar-refractivity contribution in [2.24, 2.45) is 10.4 Å². The molecule has 8 heteroatoms. The van der Waals surface area contributed by atoms with Crippen LogP contribution >= 0.6 is 24.0 Å². The third-order valence-electron chi connectivity index (χ3n) is 5.22. The van der Waals surface area contributed by atoms with E-state index in [4.69, 9.17) is 14.5 Å². The van der Waals surface area contributed by atoms with Crippen molar-refractivity contribution in [2.75, 3.05) is 46.0 Å². The third-order valence-corrected chi connectivity index (χ3v) is 5.22. The van der Waals surface area contributed by atoms with E-state index in [1.807, 2.05) is 13.8 Å². The minimum absolute atomic E-state index is 0. The van der Waals surface area contributed by atoms with E-state index in [1.165, 1.54) is 12.8 Å². The number of hydrogen-bond donors (Lipinski definition) is 2. The summed E-state index contributed by atoms with van der Waals surface area (Å²) in [6.07, 6.45) is 5.23. The minimum atomic E-state index is -0.198. The molecule has 1 aliphatic carbocycles. The highest BCUT2D eigenvalue weighted by Gasteiger charge is 2.42. The van der Waals surface area contributed by atoms with Gasteiger partial charge < -0.3 is 25.0 Å². The van der Waals surface area contributed by atoms with Crippen LogP contribution in [0.5, 0.6) is 0 Å². The maximum atomic E-state index is 11.8. The van der Waals surface area contributed by atoms with Crippen LogP contribution in [0.3, 0.4) is 0 Å². The molecule has 2 rings (SSSR count). The first kappa shape index (κ1) is 24.3. The Balaban J connectivity index is 0.00000364. The van der Waals surface area contributed by atoms with Crippen molar-refractivity contribution in [3.8, 4) is 0 Å². The van der Waals surface area contributed by atoms with E-state index in [1.54, 1.807) is 4.90 Å². The normalized spacial score (nSPS) is 19.2. The molecule has 27 heavy (non-hydrogen) atoms. The van der Waals surface area contributed by atoms with E-state index in [2.05, 4.69) is 17.6 Å². The summed E-state index contributed by atoms with van der Waals surface area (Å²) >= 11 is 0. The summed E-state index contributed by atoms with van der Waals surface area (Å²) in [5.41, 5.74) is 0.352. The van der Waals surface area contributed by atoms with Gasteiger partial charge in [-0.3, -0.25) is 4.99 Å². The van der Waals surface area contributed by atoms with E-state index in [0.717, 1.165) is 64.6 Å². The topological polar surface area (TPSA) is 75.2 Å². The minimum Gasteiger partial charge on any atom is -0.450 e. The lowest BCUT2D eigenvalue weighted by Crippen LogP contribution is -2.50. The predicted octanol–water partition coefficient (Wildman–Crippen LogP) is 2.99. The van der Waals surface area contributed by atoms with E-state index < -0.39 is 0 Å². The van der Waals surface area contributed by atoms with Gasteiger partial charge in [-0.1, -0.05) is 0 Å². The third kappa shape index (κ3) is 8.41. The number of carbonyl (C=O) groups excluding carboxylic acids is 1. The number of likely N-dealkylation sites (tertiary alicyclic amines) is 1. The molecule has 0 aromatic carbocycles. The first-order valence-electron chi connectivity index (χ1n) is 10.2. The molecule has 0 atom stereocenters. The van der Waals surface area contributed by atoms with Crippen LogP contribution in [0.1, 0.15) is 52.9 Å². The van der Waals surface area contributed by atoms with Gasteiger partial charge in [0.2, 0.25) is 0 Å². The number of nitrogens with one attached hydrogen (secondary N) is 2. The highest BCUT2D eigenvalue weighted by Crippen LogP contribution is 2.49. The number of rotatable bonds is 9. The summed E-state index contributed by atoms with van der Waals surface area (Å²) < 4.78 is 10.6. The number of carbonyl (C=O) groups is 1. The first-order chi connectivity index (χ1) is 12.6. The summed E-state index contributed by atoms with van der Waals surface area (Å²) in [5.74, 6) is 0.893. The molecule has 1 amide bonds. The Bertz CT molecular complexity index is 464. The monoisotopic (exact) mass is 496 g/mol. The lowest BCUT2D eigenvalue weighted by atomic mass is 10.0. The molecule has 1 saturated heterocycles. The average molecular weight is 496 g/mol. The van der Waals surface area contributed by atoms with Crippen LogP contribution in [0.15, 0.2) is 4.99 Å². The van der Waals surface area contributed by atoms with Gasteiger partial charge in [-0.05, 0) is 58.3 Å². The molecule has 2 fully saturated rings. The van der Waals surface area contributed by atoms with Gasteiger partial charge in [0, 0.05) is 45.4 Å². The van der Waals surface area contributed by atoms with Gasteiger partial charge in [-0.25, -0.2) is 4.79 Å². The molecule has 0 spiro atoms. The van der Waals surface area contributed by atoms with Gasteiger partial charge in [0.15, 0.2) is 5.96 Å². The van der Waals surface area contributed by atoms with Crippen molar-refractivity contribution >= 4 is 36.0 Å². The molecule has 0 unspecified atom stereocenters. The van der Waals surface area contributed by atoms with Gasteiger partial charge in [0.05, 0.1) is 6.61 Å². The summed E-state index contributed by atoms with van der Waals surface area (Å²) in [6.45, 7) is 11.2. The Morgan fingerprint density at radius 2 is 1.89 bits per heavy atom. The smallest absolute Gasteiger partial charge is 0.409 e. The van der Waals surface area contributed by atoms with Gasteiger partial charge in [-0.15, -0.1) is 24.0 Å². The second kappa shape index (κ2) is 12.6. The standard InChI is InChI=1S/C19H36N4O3.HI/c1-4-20-17(21-15-19(9-10-19)11-14-25-5-2)22-16-7-12-23(13-8-16)18(24)26-6-3;/h16H,4-15H2,1-3H3,(H2,20,21,22);1H. The lowest BCUT2D eigenvalue weighted by Gasteiger charge is -2.32. The van der Waals surface area contributed by atoms with Crippen molar-refractivity contribution in [1.29, 1.82) is 0 Å². The van der Waals surface area contributed by atoms with Gasteiger partial charge in [-0.2, -0.15) is 0 Å². The average Bonchev–Trinajstić information content (AvgIpc) is 3.41. The molecule has 7 nitrogen and oxygen atoms in total. The largest absolute Gasteiger partial charge is 0.450 e. The Morgan fingerprint density at radius 1 is 1.19 bits per heavy atom. The molecule has 0 bridgehead atoms. The molecular formula is C19H37IN4O3. The van der Waals surface area contributed by atoms with Gasteiger partial charge >= 0.3 is 6.09 Å². The Labute approximate surface area is 181 Å². The van der Waals surface area contributed by atoms with Crippen LogP contribution < -0.4 is 10.6 Å². The van der Waals surface area contributed by atoms with E-state index in [9.17, 15) is 4.79 Å². The summed E-state index contributed by atoms with van der Waals surface area (Å²) in [4.78, 5) is 18.4. The second-order valence-corrected chi connectivity index (χ2v) is 7.25. The van der Waals surface area contributed by atoms with Gasteiger partial charge in [0.25, 0.3) is 0 Å². The van der Waals surface area contributed by atoms with Crippen molar-refractivity contribution in [3.05, 3.63) is 0 Å². The van der Waals surface area contributed by atoms with E-state index in [0.29, 0.717) is 18.1 Å². The lowest BCUT2D eigenvalue weighted by molar-refractivity contribution is 0.0963. The predicted molar refractivity (Wildman–Crippen MR) is 119 cm³/mol. The van der Waals surface area contributed by atoms with Crippen molar-refractivity contribution < 1.29 is 14.3 Å². The number of ether oxygens (including phenoxy) is 2. The van der Waals surface area contributed by atoms with Crippen molar-refractivity contribution in [1.82, 2.24) is 15.5 Å².